The average Bonchev–Trinajstić information content (AvgIpc) is 3.14. The summed E-state index contributed by atoms with van der Waals surface area (Å²) < 4.78 is 5.37. The number of nitriles is 1. The predicted octanol–water partition coefficient (Wildman–Crippen LogP) is 3.14. The van der Waals surface area contributed by atoms with E-state index in [9.17, 15) is 4.79 Å². The Morgan fingerprint density at radius 1 is 1.22 bits per heavy atom. The minimum atomic E-state index is -0.239. The first kappa shape index (κ1) is 14.5. The van der Waals surface area contributed by atoms with E-state index in [0.717, 1.165) is 5.56 Å². The molecule has 3 rings (SSSR count). The smallest absolute Gasteiger partial charge is 0.251 e. The Bertz CT molecular complexity index is 864. The molecule has 0 aliphatic rings. The van der Waals surface area contributed by atoms with Crippen molar-refractivity contribution in [3.8, 4) is 17.5 Å². The molecule has 2 aromatic heterocycles. The largest absolute Gasteiger partial charge is 0.463 e. The van der Waals surface area contributed by atoms with Crippen LogP contribution in [0.1, 0.15) is 21.5 Å². The number of hydrogen-bond donors (Lipinski definition) is 1. The number of nitrogens with zero attached hydrogens (tertiary/aromatic N) is 2. The summed E-state index contributed by atoms with van der Waals surface area (Å²) >= 11 is 0. The number of amides is 1. The van der Waals surface area contributed by atoms with Crippen LogP contribution in [0.5, 0.6) is 0 Å². The summed E-state index contributed by atoms with van der Waals surface area (Å²) in [5, 5.41) is 11.7. The number of pyridine rings is 1. The molecule has 1 amide bonds. The summed E-state index contributed by atoms with van der Waals surface area (Å²) in [5.41, 5.74) is 2.46. The lowest BCUT2D eigenvalue weighted by Gasteiger charge is -2.08. The SMILES string of the molecule is N#Cc1cccc(C(=O)NCc2cccnc2-c2ccco2)c1. The summed E-state index contributed by atoms with van der Waals surface area (Å²) in [6.45, 7) is 0.319. The number of aromatic nitrogens is 1. The van der Waals surface area contributed by atoms with Crippen molar-refractivity contribution in [2.75, 3.05) is 0 Å². The third kappa shape index (κ3) is 3.27. The molecule has 0 aliphatic carbocycles. The Labute approximate surface area is 133 Å². The fourth-order valence-electron chi connectivity index (χ4n) is 2.22. The van der Waals surface area contributed by atoms with E-state index < -0.39 is 0 Å². The molecule has 23 heavy (non-hydrogen) atoms. The summed E-state index contributed by atoms with van der Waals surface area (Å²) in [6, 6.07) is 15.9. The van der Waals surface area contributed by atoms with Gasteiger partial charge in [-0.25, -0.2) is 0 Å². The van der Waals surface area contributed by atoms with Crippen molar-refractivity contribution in [3.05, 3.63) is 77.7 Å². The molecule has 0 saturated carbocycles. The van der Waals surface area contributed by atoms with Crippen LogP contribution in [-0.2, 0) is 6.54 Å². The monoisotopic (exact) mass is 303 g/mol. The van der Waals surface area contributed by atoms with E-state index in [1.165, 1.54) is 0 Å². The van der Waals surface area contributed by atoms with Gasteiger partial charge in [-0.05, 0) is 36.4 Å². The van der Waals surface area contributed by atoms with Gasteiger partial charge in [0, 0.05) is 23.9 Å². The van der Waals surface area contributed by atoms with E-state index >= 15 is 0 Å². The third-order valence-electron chi connectivity index (χ3n) is 3.34. The Morgan fingerprint density at radius 3 is 2.91 bits per heavy atom. The van der Waals surface area contributed by atoms with Gasteiger partial charge in [0.1, 0.15) is 5.69 Å². The van der Waals surface area contributed by atoms with Gasteiger partial charge in [0.15, 0.2) is 5.76 Å². The highest BCUT2D eigenvalue weighted by atomic mass is 16.3. The van der Waals surface area contributed by atoms with Gasteiger partial charge in [-0.3, -0.25) is 9.78 Å². The van der Waals surface area contributed by atoms with Crippen LogP contribution in [-0.4, -0.2) is 10.9 Å². The molecule has 0 fully saturated rings. The van der Waals surface area contributed by atoms with Crippen LogP contribution in [0.3, 0.4) is 0 Å². The van der Waals surface area contributed by atoms with Gasteiger partial charge >= 0.3 is 0 Å². The van der Waals surface area contributed by atoms with Crippen molar-refractivity contribution in [2.24, 2.45) is 0 Å². The Hall–Kier alpha value is -3.39. The van der Waals surface area contributed by atoms with Gasteiger partial charge in [0.25, 0.3) is 5.91 Å². The molecular weight excluding hydrogens is 290 g/mol. The van der Waals surface area contributed by atoms with Gasteiger partial charge in [-0.2, -0.15) is 5.26 Å². The Morgan fingerprint density at radius 2 is 2.13 bits per heavy atom. The molecule has 0 atom stereocenters. The minimum absolute atomic E-state index is 0.239. The van der Waals surface area contributed by atoms with Crippen molar-refractivity contribution in [1.29, 1.82) is 5.26 Å². The molecule has 1 aromatic carbocycles. The molecule has 3 aromatic rings. The molecule has 5 nitrogen and oxygen atoms in total. The zero-order valence-electron chi connectivity index (χ0n) is 12.2. The molecule has 1 N–H and O–H groups in total. The number of rotatable bonds is 4. The van der Waals surface area contributed by atoms with E-state index in [-0.39, 0.29) is 5.91 Å². The van der Waals surface area contributed by atoms with Crippen molar-refractivity contribution >= 4 is 5.91 Å². The first-order chi connectivity index (χ1) is 11.3. The van der Waals surface area contributed by atoms with Crippen molar-refractivity contribution in [2.45, 2.75) is 6.54 Å². The van der Waals surface area contributed by atoms with Gasteiger partial charge in [-0.15, -0.1) is 0 Å². The molecule has 0 bridgehead atoms. The van der Waals surface area contributed by atoms with Crippen molar-refractivity contribution in [3.63, 3.8) is 0 Å². The standard InChI is InChI=1S/C18H13N3O2/c19-11-13-4-1-5-14(10-13)18(22)21-12-15-6-2-8-20-17(15)16-7-3-9-23-16/h1-10H,12H2,(H,21,22). The fraction of sp³-hybridized carbons (Fsp3) is 0.0556. The van der Waals surface area contributed by atoms with Crippen LogP contribution in [0.4, 0.5) is 0 Å². The van der Waals surface area contributed by atoms with E-state index in [1.807, 2.05) is 24.3 Å². The number of carbonyl (C=O) groups excluding carboxylic acids is 1. The van der Waals surface area contributed by atoms with E-state index in [0.29, 0.717) is 29.1 Å². The van der Waals surface area contributed by atoms with E-state index in [4.69, 9.17) is 9.68 Å². The van der Waals surface area contributed by atoms with Gasteiger partial charge < -0.3 is 9.73 Å². The first-order valence-corrected chi connectivity index (χ1v) is 7.04. The molecular formula is C18H13N3O2. The highest BCUT2D eigenvalue weighted by molar-refractivity contribution is 5.94. The van der Waals surface area contributed by atoms with Crippen LogP contribution < -0.4 is 5.32 Å². The second-order valence-electron chi connectivity index (χ2n) is 4.86. The quantitative estimate of drug-likeness (QED) is 0.803. The number of benzene rings is 1. The van der Waals surface area contributed by atoms with Gasteiger partial charge in [-0.1, -0.05) is 12.1 Å². The maximum absolute atomic E-state index is 12.2. The van der Waals surface area contributed by atoms with Gasteiger partial charge in [0.05, 0.1) is 17.9 Å². The summed E-state index contributed by atoms with van der Waals surface area (Å²) in [6.07, 6.45) is 3.26. The van der Waals surface area contributed by atoms with Crippen molar-refractivity contribution < 1.29 is 9.21 Å². The summed E-state index contributed by atoms with van der Waals surface area (Å²) in [5.74, 6) is 0.415. The molecule has 0 saturated heterocycles. The first-order valence-electron chi connectivity index (χ1n) is 7.04. The zero-order chi connectivity index (χ0) is 16.1. The third-order valence-corrected chi connectivity index (χ3v) is 3.34. The second-order valence-corrected chi connectivity index (χ2v) is 4.86. The van der Waals surface area contributed by atoms with Gasteiger partial charge in [0.2, 0.25) is 0 Å². The Kier molecular flexibility index (Phi) is 4.16. The van der Waals surface area contributed by atoms with Crippen molar-refractivity contribution in [1.82, 2.24) is 10.3 Å². The lowest BCUT2D eigenvalue weighted by molar-refractivity contribution is 0.0951. The molecule has 5 heteroatoms. The lowest BCUT2D eigenvalue weighted by Crippen LogP contribution is -2.23. The predicted molar refractivity (Wildman–Crippen MR) is 84.3 cm³/mol. The maximum atomic E-state index is 12.2. The summed E-state index contributed by atoms with van der Waals surface area (Å²) in [7, 11) is 0. The lowest BCUT2D eigenvalue weighted by atomic mass is 10.1. The van der Waals surface area contributed by atoms with Crippen LogP contribution in [0.2, 0.25) is 0 Å². The number of hydrogen-bond acceptors (Lipinski definition) is 4. The normalized spacial score (nSPS) is 10.0. The molecule has 0 aliphatic heterocycles. The summed E-state index contributed by atoms with van der Waals surface area (Å²) in [4.78, 5) is 16.5. The molecule has 0 radical (unpaired) electrons. The average molecular weight is 303 g/mol. The minimum Gasteiger partial charge on any atom is -0.463 e. The van der Waals surface area contributed by atoms with Crippen LogP contribution >= 0.6 is 0 Å². The van der Waals surface area contributed by atoms with Crippen LogP contribution in [0.25, 0.3) is 11.5 Å². The highest BCUT2D eigenvalue weighted by Crippen LogP contribution is 2.21. The van der Waals surface area contributed by atoms with Crippen LogP contribution in [0, 0.1) is 11.3 Å². The fourth-order valence-corrected chi connectivity index (χ4v) is 2.22. The molecule has 0 spiro atoms. The topological polar surface area (TPSA) is 78.9 Å². The van der Waals surface area contributed by atoms with E-state index in [1.54, 1.807) is 42.8 Å². The van der Waals surface area contributed by atoms with E-state index in [2.05, 4.69) is 10.3 Å². The highest BCUT2D eigenvalue weighted by Gasteiger charge is 2.11. The van der Waals surface area contributed by atoms with Crippen LogP contribution in [0.15, 0.2) is 65.4 Å². The molecule has 112 valence electrons. The molecule has 2 heterocycles. The number of nitrogens with one attached hydrogen (secondary N) is 1. The number of furan rings is 1. The number of carbonyl (C=O) groups is 1. The second kappa shape index (κ2) is 6.58. The Balaban J connectivity index is 1.76. The molecule has 0 unspecified atom stereocenters. The maximum Gasteiger partial charge on any atom is 0.251 e. The zero-order valence-corrected chi connectivity index (χ0v) is 12.2.